The fourth-order valence-electron chi connectivity index (χ4n) is 1.65. The van der Waals surface area contributed by atoms with Crippen LogP contribution in [-0.2, 0) is 0 Å². The van der Waals surface area contributed by atoms with Gasteiger partial charge < -0.3 is 9.31 Å². The van der Waals surface area contributed by atoms with Crippen molar-refractivity contribution in [2.24, 2.45) is 0 Å². The smallest absolute Gasteiger partial charge is 0.519 e. The number of rotatable bonds is 1. The highest BCUT2D eigenvalue weighted by Crippen LogP contribution is 2.32. The van der Waals surface area contributed by atoms with Crippen molar-refractivity contribution in [3.8, 4) is 11.5 Å². The molecule has 0 saturated heterocycles. The summed E-state index contributed by atoms with van der Waals surface area (Å²) in [6, 6.07) is 17.6. The zero-order valence-electron chi connectivity index (χ0n) is 8.09. The molecule has 3 rings (SSSR count). The van der Waals surface area contributed by atoms with Gasteiger partial charge in [0.25, 0.3) is 0 Å². The second kappa shape index (κ2) is 3.35. The highest BCUT2D eigenvalue weighted by Gasteiger charge is 2.33. The molecule has 0 atom stereocenters. The second-order valence-electron chi connectivity index (χ2n) is 3.43. The van der Waals surface area contributed by atoms with Crippen LogP contribution < -0.4 is 14.8 Å². The quantitative estimate of drug-likeness (QED) is 0.648. The van der Waals surface area contributed by atoms with Gasteiger partial charge in [-0.05, 0) is 12.1 Å². The Bertz CT molecular complexity index is 445. The van der Waals surface area contributed by atoms with Gasteiger partial charge in [0.1, 0.15) is 11.5 Å². The molecule has 1 aliphatic rings. The third kappa shape index (κ3) is 1.46. The molecule has 2 aromatic rings. The van der Waals surface area contributed by atoms with Crippen LogP contribution in [0.3, 0.4) is 0 Å². The molecule has 0 aromatic heterocycles. The fourth-order valence-corrected chi connectivity index (χ4v) is 1.65. The lowest BCUT2D eigenvalue weighted by Gasteiger charge is -2.03. The highest BCUT2D eigenvalue weighted by molar-refractivity contribution is 6.63. The molecular formula is C12H9BO2. The van der Waals surface area contributed by atoms with Gasteiger partial charge in [-0.3, -0.25) is 0 Å². The Kier molecular flexibility index (Phi) is 1.88. The summed E-state index contributed by atoms with van der Waals surface area (Å²) in [4.78, 5) is 0. The maximum absolute atomic E-state index is 5.67. The van der Waals surface area contributed by atoms with Gasteiger partial charge in [-0.15, -0.1) is 0 Å². The van der Waals surface area contributed by atoms with E-state index in [-0.39, 0.29) is 7.12 Å². The monoisotopic (exact) mass is 196 g/mol. The van der Waals surface area contributed by atoms with Gasteiger partial charge in [-0.25, -0.2) is 0 Å². The lowest BCUT2D eigenvalue weighted by molar-refractivity contribution is 0.519. The Labute approximate surface area is 88.6 Å². The summed E-state index contributed by atoms with van der Waals surface area (Å²) in [5.41, 5.74) is 1.04. The van der Waals surface area contributed by atoms with E-state index in [1.807, 2.05) is 54.6 Å². The summed E-state index contributed by atoms with van der Waals surface area (Å²) in [6.07, 6.45) is 0. The van der Waals surface area contributed by atoms with Gasteiger partial charge in [0.2, 0.25) is 0 Å². The van der Waals surface area contributed by atoms with Gasteiger partial charge in [-0.2, -0.15) is 0 Å². The first kappa shape index (κ1) is 8.42. The number of hydrogen-bond acceptors (Lipinski definition) is 2. The Morgan fingerprint density at radius 1 is 0.667 bits per heavy atom. The number of hydrogen-bond donors (Lipinski definition) is 0. The van der Waals surface area contributed by atoms with Crippen LogP contribution in [0, 0.1) is 0 Å². The van der Waals surface area contributed by atoms with E-state index in [9.17, 15) is 0 Å². The molecule has 0 aliphatic carbocycles. The van der Waals surface area contributed by atoms with E-state index in [0.717, 1.165) is 17.0 Å². The molecule has 0 N–H and O–H groups in total. The molecule has 2 aromatic carbocycles. The van der Waals surface area contributed by atoms with Crippen LogP contribution in [0.1, 0.15) is 0 Å². The van der Waals surface area contributed by atoms with E-state index in [4.69, 9.17) is 9.31 Å². The normalized spacial score (nSPS) is 12.9. The van der Waals surface area contributed by atoms with Gasteiger partial charge in [0.15, 0.2) is 0 Å². The van der Waals surface area contributed by atoms with Crippen LogP contribution in [0.15, 0.2) is 54.6 Å². The van der Waals surface area contributed by atoms with E-state index >= 15 is 0 Å². The number of para-hydroxylation sites is 2. The topological polar surface area (TPSA) is 18.5 Å². The van der Waals surface area contributed by atoms with E-state index in [1.54, 1.807) is 0 Å². The third-order valence-corrected chi connectivity index (χ3v) is 2.39. The number of benzene rings is 2. The Morgan fingerprint density at radius 2 is 1.20 bits per heavy atom. The molecule has 0 spiro atoms. The largest absolute Gasteiger partial charge is 0.632 e. The molecule has 2 nitrogen and oxygen atoms in total. The highest BCUT2D eigenvalue weighted by atomic mass is 16.6. The summed E-state index contributed by atoms with van der Waals surface area (Å²) in [6.45, 7) is 0. The molecule has 72 valence electrons. The average Bonchev–Trinajstić information content (AvgIpc) is 2.74. The minimum absolute atomic E-state index is 0.302. The van der Waals surface area contributed by atoms with Crippen LogP contribution in [0.5, 0.6) is 11.5 Å². The molecule has 1 heterocycles. The summed E-state index contributed by atoms with van der Waals surface area (Å²) < 4.78 is 11.3. The molecule has 0 radical (unpaired) electrons. The van der Waals surface area contributed by atoms with Crippen molar-refractivity contribution < 1.29 is 9.31 Å². The minimum Gasteiger partial charge on any atom is -0.519 e. The summed E-state index contributed by atoms with van der Waals surface area (Å²) in [5.74, 6) is 1.62. The van der Waals surface area contributed by atoms with Crippen molar-refractivity contribution in [3.05, 3.63) is 54.6 Å². The van der Waals surface area contributed by atoms with E-state index in [0.29, 0.717) is 0 Å². The van der Waals surface area contributed by atoms with Gasteiger partial charge in [-0.1, -0.05) is 42.5 Å². The zero-order chi connectivity index (χ0) is 10.1. The molecule has 0 unspecified atom stereocenters. The van der Waals surface area contributed by atoms with Crippen molar-refractivity contribution in [2.45, 2.75) is 0 Å². The Balaban J connectivity index is 1.91. The van der Waals surface area contributed by atoms with Crippen molar-refractivity contribution in [3.63, 3.8) is 0 Å². The minimum atomic E-state index is -0.302. The summed E-state index contributed by atoms with van der Waals surface area (Å²) >= 11 is 0. The van der Waals surface area contributed by atoms with Crippen LogP contribution in [0.25, 0.3) is 0 Å². The summed E-state index contributed by atoms with van der Waals surface area (Å²) in [7, 11) is -0.302. The maximum atomic E-state index is 5.67. The third-order valence-electron chi connectivity index (χ3n) is 2.39. The predicted molar refractivity (Wildman–Crippen MR) is 59.5 cm³/mol. The molecule has 0 saturated carbocycles. The van der Waals surface area contributed by atoms with E-state index in [2.05, 4.69) is 0 Å². The predicted octanol–water partition coefficient (Wildman–Crippen LogP) is 1.85. The fraction of sp³-hybridized carbons (Fsp3) is 0. The van der Waals surface area contributed by atoms with Crippen molar-refractivity contribution >= 4 is 12.6 Å². The lowest BCUT2D eigenvalue weighted by atomic mass is 9.79. The first-order chi connectivity index (χ1) is 7.43. The SMILES string of the molecule is c1ccc(B2Oc3ccccc3O2)cc1. The Morgan fingerprint density at radius 3 is 1.80 bits per heavy atom. The van der Waals surface area contributed by atoms with Crippen LogP contribution in [0.4, 0.5) is 0 Å². The van der Waals surface area contributed by atoms with Crippen LogP contribution in [-0.4, -0.2) is 7.12 Å². The molecular weight excluding hydrogens is 187 g/mol. The Hall–Kier alpha value is -1.90. The molecule has 0 amide bonds. The standard InChI is InChI=1S/C12H9BO2/c1-2-6-10(7-3-1)13-14-11-8-4-5-9-12(11)15-13/h1-9H. The molecule has 3 heteroatoms. The van der Waals surface area contributed by atoms with Crippen LogP contribution >= 0.6 is 0 Å². The van der Waals surface area contributed by atoms with Crippen LogP contribution in [0.2, 0.25) is 0 Å². The second-order valence-corrected chi connectivity index (χ2v) is 3.43. The first-order valence-electron chi connectivity index (χ1n) is 4.91. The van der Waals surface area contributed by atoms with Crippen molar-refractivity contribution in [1.29, 1.82) is 0 Å². The lowest BCUT2D eigenvalue weighted by Crippen LogP contribution is -2.38. The molecule has 0 fully saturated rings. The van der Waals surface area contributed by atoms with Crippen molar-refractivity contribution in [1.82, 2.24) is 0 Å². The molecule has 1 aliphatic heterocycles. The number of fused-ring (bicyclic) bond motifs is 1. The maximum Gasteiger partial charge on any atom is 0.632 e. The molecule has 0 bridgehead atoms. The van der Waals surface area contributed by atoms with Crippen molar-refractivity contribution in [2.75, 3.05) is 0 Å². The molecule has 15 heavy (non-hydrogen) atoms. The first-order valence-corrected chi connectivity index (χ1v) is 4.91. The van der Waals surface area contributed by atoms with E-state index < -0.39 is 0 Å². The van der Waals surface area contributed by atoms with Gasteiger partial charge >= 0.3 is 7.12 Å². The van der Waals surface area contributed by atoms with E-state index in [1.165, 1.54) is 0 Å². The van der Waals surface area contributed by atoms with Gasteiger partial charge in [0, 0.05) is 5.46 Å². The summed E-state index contributed by atoms with van der Waals surface area (Å²) in [5, 5.41) is 0. The average molecular weight is 196 g/mol. The van der Waals surface area contributed by atoms with Gasteiger partial charge in [0.05, 0.1) is 0 Å². The zero-order valence-corrected chi connectivity index (χ0v) is 8.09.